The highest BCUT2D eigenvalue weighted by molar-refractivity contribution is 7.92. The van der Waals surface area contributed by atoms with Gasteiger partial charge in [0.15, 0.2) is 0 Å². The van der Waals surface area contributed by atoms with Crippen LogP contribution in [-0.2, 0) is 10.0 Å². The molecule has 0 spiro atoms. The number of benzene rings is 3. The number of anilines is 2. The number of hydrogen-bond donors (Lipinski definition) is 1. The molecule has 0 atom stereocenters. The molecule has 0 aliphatic heterocycles. The summed E-state index contributed by atoms with van der Waals surface area (Å²) in [5.41, 5.74) is 1.59. The van der Waals surface area contributed by atoms with E-state index in [-0.39, 0.29) is 10.5 Å². The molecule has 0 radical (unpaired) electrons. The quantitative estimate of drug-likeness (QED) is 0.638. The van der Waals surface area contributed by atoms with E-state index in [1.165, 1.54) is 50.6 Å². The molecule has 3 aromatic rings. The second-order valence-electron chi connectivity index (χ2n) is 6.61. The van der Waals surface area contributed by atoms with Gasteiger partial charge in [0.25, 0.3) is 15.9 Å². The highest BCUT2D eigenvalue weighted by Crippen LogP contribution is 2.27. The van der Waals surface area contributed by atoms with Crippen LogP contribution in [0, 0.1) is 12.7 Å². The predicted molar refractivity (Wildman–Crippen MR) is 114 cm³/mol. The van der Waals surface area contributed by atoms with Crippen molar-refractivity contribution in [2.75, 3.05) is 23.8 Å². The molecule has 0 unspecified atom stereocenters. The first-order valence-electron chi connectivity index (χ1n) is 9.03. The van der Waals surface area contributed by atoms with Crippen molar-refractivity contribution in [2.24, 2.45) is 0 Å². The van der Waals surface area contributed by atoms with E-state index in [2.05, 4.69) is 5.32 Å². The zero-order chi connectivity index (χ0) is 21.9. The van der Waals surface area contributed by atoms with Crippen molar-refractivity contribution in [1.82, 2.24) is 0 Å². The van der Waals surface area contributed by atoms with E-state index in [4.69, 9.17) is 4.74 Å². The molecule has 0 fully saturated rings. The van der Waals surface area contributed by atoms with Crippen molar-refractivity contribution >= 4 is 27.3 Å². The third-order valence-electron chi connectivity index (χ3n) is 4.61. The van der Waals surface area contributed by atoms with Crippen LogP contribution >= 0.6 is 0 Å². The van der Waals surface area contributed by atoms with Gasteiger partial charge in [-0.05, 0) is 67.1 Å². The summed E-state index contributed by atoms with van der Waals surface area (Å²) in [6, 6.07) is 16.3. The summed E-state index contributed by atoms with van der Waals surface area (Å²) >= 11 is 0. The number of sulfonamides is 1. The summed E-state index contributed by atoms with van der Waals surface area (Å²) in [5, 5.41) is 2.61. The molecule has 3 rings (SSSR count). The van der Waals surface area contributed by atoms with E-state index in [0.29, 0.717) is 22.7 Å². The zero-order valence-electron chi connectivity index (χ0n) is 16.7. The van der Waals surface area contributed by atoms with Gasteiger partial charge < -0.3 is 10.1 Å². The topological polar surface area (TPSA) is 75.7 Å². The number of ether oxygens (including phenoxy) is 1. The normalized spacial score (nSPS) is 11.1. The number of nitrogens with one attached hydrogen (secondary N) is 1. The summed E-state index contributed by atoms with van der Waals surface area (Å²) in [5.74, 6) is -0.399. The lowest BCUT2D eigenvalue weighted by Crippen LogP contribution is -2.27. The van der Waals surface area contributed by atoms with Gasteiger partial charge in [0.2, 0.25) is 0 Å². The minimum absolute atomic E-state index is 0.0971. The Bertz CT molecular complexity index is 1180. The molecule has 0 aromatic heterocycles. The maximum atomic E-state index is 13.4. The summed E-state index contributed by atoms with van der Waals surface area (Å²) in [6.07, 6.45) is 0. The molecule has 6 nitrogen and oxygen atoms in total. The second kappa shape index (κ2) is 8.54. The summed E-state index contributed by atoms with van der Waals surface area (Å²) in [7, 11) is -0.924. The average Bonchev–Trinajstić information content (AvgIpc) is 2.73. The first kappa shape index (κ1) is 21.3. The molecule has 0 heterocycles. The standard InChI is InChI=1S/C22H21FN2O4S/c1-15-7-8-16(22(26)24-18-6-4-5-17(23)14-18)13-21(15)25(2)30(27,28)20-11-9-19(29-3)10-12-20/h4-14H,1-3H3,(H,24,26). The largest absolute Gasteiger partial charge is 0.497 e. The molecule has 0 aliphatic carbocycles. The Labute approximate surface area is 175 Å². The van der Waals surface area contributed by atoms with Crippen LogP contribution in [0.2, 0.25) is 0 Å². The summed E-state index contributed by atoms with van der Waals surface area (Å²) in [4.78, 5) is 12.7. The fourth-order valence-electron chi connectivity index (χ4n) is 2.89. The zero-order valence-corrected chi connectivity index (χ0v) is 17.5. The molecular weight excluding hydrogens is 407 g/mol. The molecule has 30 heavy (non-hydrogen) atoms. The third-order valence-corrected chi connectivity index (χ3v) is 6.40. The van der Waals surface area contributed by atoms with Crippen molar-refractivity contribution < 1.29 is 22.3 Å². The van der Waals surface area contributed by atoms with Crippen LogP contribution < -0.4 is 14.4 Å². The molecule has 156 valence electrons. The first-order chi connectivity index (χ1) is 14.2. The lowest BCUT2D eigenvalue weighted by Gasteiger charge is -2.22. The maximum absolute atomic E-state index is 13.4. The average molecular weight is 428 g/mol. The van der Waals surface area contributed by atoms with Gasteiger partial charge in [0, 0.05) is 18.3 Å². The highest BCUT2D eigenvalue weighted by atomic mass is 32.2. The van der Waals surface area contributed by atoms with E-state index in [1.807, 2.05) is 0 Å². The van der Waals surface area contributed by atoms with Crippen LogP contribution in [0.25, 0.3) is 0 Å². The van der Waals surface area contributed by atoms with E-state index in [1.54, 1.807) is 37.3 Å². The molecule has 1 N–H and O–H groups in total. The fourth-order valence-corrected chi connectivity index (χ4v) is 4.15. The third kappa shape index (κ3) is 4.44. The number of hydrogen-bond acceptors (Lipinski definition) is 4. The SMILES string of the molecule is COc1ccc(S(=O)(=O)N(C)c2cc(C(=O)Nc3cccc(F)c3)ccc2C)cc1. The van der Waals surface area contributed by atoms with E-state index in [9.17, 15) is 17.6 Å². The number of amides is 1. The van der Waals surface area contributed by atoms with Crippen LogP contribution in [-0.4, -0.2) is 28.5 Å². The van der Waals surface area contributed by atoms with Gasteiger partial charge in [0.1, 0.15) is 11.6 Å². The van der Waals surface area contributed by atoms with Gasteiger partial charge >= 0.3 is 0 Å². The Hall–Kier alpha value is -3.39. The smallest absolute Gasteiger partial charge is 0.264 e. The van der Waals surface area contributed by atoms with Gasteiger partial charge in [-0.2, -0.15) is 0 Å². The van der Waals surface area contributed by atoms with Crippen LogP contribution in [0.1, 0.15) is 15.9 Å². The molecule has 3 aromatic carbocycles. The van der Waals surface area contributed by atoms with Crippen LogP contribution in [0.15, 0.2) is 71.6 Å². The minimum atomic E-state index is -3.85. The first-order valence-corrected chi connectivity index (χ1v) is 10.5. The number of nitrogens with zero attached hydrogens (tertiary/aromatic N) is 1. The number of methoxy groups -OCH3 is 1. The lowest BCUT2D eigenvalue weighted by molar-refractivity contribution is 0.102. The van der Waals surface area contributed by atoms with Gasteiger partial charge in [-0.3, -0.25) is 9.10 Å². The molecule has 0 saturated heterocycles. The molecule has 0 aliphatic rings. The van der Waals surface area contributed by atoms with E-state index < -0.39 is 21.7 Å². The molecule has 1 amide bonds. The van der Waals surface area contributed by atoms with Crippen molar-refractivity contribution in [3.8, 4) is 5.75 Å². The summed E-state index contributed by atoms with van der Waals surface area (Å²) < 4.78 is 45.6. The molecule has 0 bridgehead atoms. The molecule has 8 heteroatoms. The highest BCUT2D eigenvalue weighted by Gasteiger charge is 2.23. The number of rotatable bonds is 6. The number of halogens is 1. The van der Waals surface area contributed by atoms with Crippen LogP contribution in [0.5, 0.6) is 5.75 Å². The lowest BCUT2D eigenvalue weighted by atomic mass is 10.1. The van der Waals surface area contributed by atoms with E-state index in [0.717, 1.165) is 4.31 Å². The Morgan fingerprint density at radius 3 is 2.37 bits per heavy atom. The number of carbonyl (C=O) groups is 1. The Kier molecular flexibility index (Phi) is 6.07. The number of aryl methyl sites for hydroxylation is 1. The second-order valence-corrected chi connectivity index (χ2v) is 8.58. The van der Waals surface area contributed by atoms with Gasteiger partial charge in [-0.1, -0.05) is 12.1 Å². The van der Waals surface area contributed by atoms with Gasteiger partial charge in [-0.25, -0.2) is 12.8 Å². The monoisotopic (exact) mass is 428 g/mol. The number of carbonyl (C=O) groups excluding carboxylic acids is 1. The van der Waals surface area contributed by atoms with Crippen molar-refractivity contribution in [3.05, 3.63) is 83.7 Å². The summed E-state index contributed by atoms with van der Waals surface area (Å²) in [6.45, 7) is 1.75. The van der Waals surface area contributed by atoms with Crippen molar-refractivity contribution in [1.29, 1.82) is 0 Å². The van der Waals surface area contributed by atoms with Crippen molar-refractivity contribution in [2.45, 2.75) is 11.8 Å². The minimum Gasteiger partial charge on any atom is -0.497 e. The Morgan fingerprint density at radius 2 is 1.73 bits per heavy atom. The van der Waals surface area contributed by atoms with Crippen LogP contribution in [0.3, 0.4) is 0 Å². The molecular formula is C22H21FN2O4S. The Morgan fingerprint density at radius 1 is 1.03 bits per heavy atom. The van der Waals surface area contributed by atoms with Crippen LogP contribution in [0.4, 0.5) is 15.8 Å². The van der Waals surface area contributed by atoms with Gasteiger partial charge in [-0.15, -0.1) is 0 Å². The predicted octanol–water partition coefficient (Wildman–Crippen LogP) is 4.22. The Balaban J connectivity index is 1.90. The maximum Gasteiger partial charge on any atom is 0.264 e. The van der Waals surface area contributed by atoms with Gasteiger partial charge in [0.05, 0.1) is 17.7 Å². The molecule has 0 saturated carbocycles. The fraction of sp³-hybridized carbons (Fsp3) is 0.136. The van der Waals surface area contributed by atoms with Crippen molar-refractivity contribution in [3.63, 3.8) is 0 Å². The van der Waals surface area contributed by atoms with E-state index >= 15 is 0 Å².